The van der Waals surface area contributed by atoms with E-state index in [0.29, 0.717) is 0 Å². The van der Waals surface area contributed by atoms with Crippen molar-refractivity contribution in [3.8, 4) is 0 Å². The first-order valence-electron chi connectivity index (χ1n) is 3.84. The van der Waals surface area contributed by atoms with Crippen molar-refractivity contribution in [2.75, 3.05) is 0 Å². The molecule has 0 aliphatic carbocycles. The van der Waals surface area contributed by atoms with Crippen molar-refractivity contribution >= 4 is 6.21 Å². The van der Waals surface area contributed by atoms with Gasteiger partial charge in [0.05, 0.1) is 0 Å². The summed E-state index contributed by atoms with van der Waals surface area (Å²) in [6, 6.07) is 0. The second kappa shape index (κ2) is 5.35. The summed E-state index contributed by atoms with van der Waals surface area (Å²) in [5.41, 5.74) is 8.31. The zero-order valence-electron chi connectivity index (χ0n) is 7.72. The summed E-state index contributed by atoms with van der Waals surface area (Å²) in [4.78, 5) is 0. The third-order valence-electron chi connectivity index (χ3n) is 1.38. The third kappa shape index (κ3) is 4.50. The van der Waals surface area contributed by atoms with Gasteiger partial charge in [0.25, 0.3) is 0 Å². The molecular formula is C10H16N2. The van der Waals surface area contributed by atoms with Gasteiger partial charge in [-0.15, -0.1) is 0 Å². The Hall–Kier alpha value is -1.31. The number of rotatable bonds is 4. The molecule has 0 aromatic heterocycles. The van der Waals surface area contributed by atoms with E-state index in [0.717, 1.165) is 17.6 Å². The van der Waals surface area contributed by atoms with Gasteiger partial charge in [-0.2, -0.15) is 0 Å². The van der Waals surface area contributed by atoms with E-state index in [1.165, 1.54) is 18.0 Å². The van der Waals surface area contributed by atoms with Crippen LogP contribution in [0.1, 0.15) is 20.3 Å². The fraction of sp³-hybridized carbons (Fsp3) is 0.300. The Balaban J connectivity index is 4.26. The van der Waals surface area contributed by atoms with Crippen LogP contribution in [0.15, 0.2) is 35.6 Å². The lowest BCUT2D eigenvalue weighted by molar-refractivity contribution is 1.15. The summed E-state index contributed by atoms with van der Waals surface area (Å²) in [5.74, 6) is 0. The highest BCUT2D eigenvalue weighted by atomic mass is 14.5. The summed E-state index contributed by atoms with van der Waals surface area (Å²) in [5, 5.41) is 7.01. The largest absolute Gasteiger partial charge is 0.404 e. The van der Waals surface area contributed by atoms with Crippen molar-refractivity contribution in [2.24, 2.45) is 5.73 Å². The highest BCUT2D eigenvalue weighted by Crippen LogP contribution is 2.09. The van der Waals surface area contributed by atoms with E-state index in [4.69, 9.17) is 11.1 Å². The summed E-state index contributed by atoms with van der Waals surface area (Å²) in [7, 11) is 0. The molecule has 0 aromatic carbocycles. The van der Waals surface area contributed by atoms with E-state index in [9.17, 15) is 0 Å². The monoisotopic (exact) mass is 164 g/mol. The minimum absolute atomic E-state index is 0.729. The molecule has 66 valence electrons. The van der Waals surface area contributed by atoms with Gasteiger partial charge in [-0.05, 0) is 32.0 Å². The summed E-state index contributed by atoms with van der Waals surface area (Å²) in [6.45, 7) is 7.72. The maximum atomic E-state index is 7.01. The van der Waals surface area contributed by atoms with Gasteiger partial charge in [-0.3, -0.25) is 0 Å². The average molecular weight is 164 g/mol. The van der Waals surface area contributed by atoms with Crippen LogP contribution in [0.25, 0.3) is 0 Å². The minimum atomic E-state index is 0.729. The van der Waals surface area contributed by atoms with Crippen molar-refractivity contribution in [2.45, 2.75) is 20.3 Å². The van der Waals surface area contributed by atoms with Crippen LogP contribution < -0.4 is 5.73 Å². The lowest BCUT2D eigenvalue weighted by Gasteiger charge is -2.00. The molecule has 0 bridgehead atoms. The summed E-state index contributed by atoms with van der Waals surface area (Å²) >= 11 is 0. The number of nitrogens with one attached hydrogen (secondary N) is 1. The number of nitrogens with two attached hydrogens (primary N) is 1. The topological polar surface area (TPSA) is 49.9 Å². The molecule has 0 atom stereocenters. The fourth-order valence-corrected chi connectivity index (χ4v) is 0.952. The second-order valence-corrected chi connectivity index (χ2v) is 2.90. The summed E-state index contributed by atoms with van der Waals surface area (Å²) < 4.78 is 0. The Labute approximate surface area is 74.0 Å². The van der Waals surface area contributed by atoms with Gasteiger partial charge in [-0.1, -0.05) is 23.8 Å². The van der Waals surface area contributed by atoms with Crippen LogP contribution in [0.5, 0.6) is 0 Å². The molecule has 3 N–H and O–H groups in total. The van der Waals surface area contributed by atoms with Gasteiger partial charge in [0.2, 0.25) is 0 Å². The Morgan fingerprint density at radius 2 is 2.08 bits per heavy atom. The zero-order chi connectivity index (χ0) is 9.56. The van der Waals surface area contributed by atoms with E-state index >= 15 is 0 Å². The molecule has 0 spiro atoms. The molecule has 0 aromatic rings. The first kappa shape index (κ1) is 10.7. The van der Waals surface area contributed by atoms with Gasteiger partial charge in [0.15, 0.2) is 0 Å². The number of allylic oxidation sites excluding steroid dienone is 4. The predicted molar refractivity (Wildman–Crippen MR) is 54.2 cm³/mol. The third-order valence-corrected chi connectivity index (χ3v) is 1.38. The Morgan fingerprint density at radius 3 is 2.42 bits per heavy atom. The van der Waals surface area contributed by atoms with Crippen LogP contribution in [-0.2, 0) is 0 Å². The zero-order valence-corrected chi connectivity index (χ0v) is 7.72. The average Bonchev–Trinajstić information content (AvgIpc) is 1.98. The van der Waals surface area contributed by atoms with Crippen molar-refractivity contribution in [1.82, 2.24) is 0 Å². The Bertz CT molecular complexity index is 234. The lowest BCUT2D eigenvalue weighted by Crippen LogP contribution is -1.91. The maximum Gasteiger partial charge on any atom is 0.0227 e. The van der Waals surface area contributed by atoms with Gasteiger partial charge < -0.3 is 11.1 Å². The second-order valence-electron chi connectivity index (χ2n) is 2.90. The van der Waals surface area contributed by atoms with Crippen molar-refractivity contribution < 1.29 is 0 Å². The quantitative estimate of drug-likeness (QED) is 0.486. The molecule has 0 saturated heterocycles. The van der Waals surface area contributed by atoms with E-state index < -0.39 is 0 Å². The first-order valence-corrected chi connectivity index (χ1v) is 3.84. The highest BCUT2D eigenvalue weighted by molar-refractivity contribution is 5.76. The molecule has 2 heteroatoms. The molecule has 0 radical (unpaired) electrons. The molecular weight excluding hydrogens is 148 g/mol. The molecule has 2 nitrogen and oxygen atoms in total. The molecule has 12 heavy (non-hydrogen) atoms. The van der Waals surface area contributed by atoms with E-state index in [1.54, 1.807) is 0 Å². The molecule has 0 aliphatic rings. The van der Waals surface area contributed by atoms with E-state index in [2.05, 4.69) is 6.58 Å². The van der Waals surface area contributed by atoms with Gasteiger partial charge >= 0.3 is 0 Å². The van der Waals surface area contributed by atoms with Crippen molar-refractivity contribution in [3.05, 3.63) is 35.6 Å². The Morgan fingerprint density at radius 1 is 1.50 bits per heavy atom. The molecule has 0 heterocycles. The smallest absolute Gasteiger partial charge is 0.0227 e. The number of hydrogen-bond acceptors (Lipinski definition) is 2. The van der Waals surface area contributed by atoms with Crippen LogP contribution in [-0.4, -0.2) is 6.21 Å². The van der Waals surface area contributed by atoms with Crippen molar-refractivity contribution in [1.29, 1.82) is 5.41 Å². The predicted octanol–water partition coefficient (Wildman–Crippen LogP) is 2.39. The van der Waals surface area contributed by atoms with Crippen LogP contribution in [0.3, 0.4) is 0 Å². The number of hydrogen-bond donors (Lipinski definition) is 2. The molecule has 0 saturated carbocycles. The van der Waals surface area contributed by atoms with Crippen LogP contribution in [0, 0.1) is 5.41 Å². The fourth-order valence-electron chi connectivity index (χ4n) is 0.952. The minimum Gasteiger partial charge on any atom is -0.404 e. The van der Waals surface area contributed by atoms with E-state index in [-0.39, 0.29) is 0 Å². The lowest BCUT2D eigenvalue weighted by atomic mass is 10.1. The maximum absolute atomic E-state index is 7.01. The molecule has 0 unspecified atom stereocenters. The van der Waals surface area contributed by atoms with Crippen LogP contribution in [0.2, 0.25) is 0 Å². The molecule has 0 rings (SSSR count). The molecule has 0 fully saturated rings. The SMILES string of the molecule is C=C(C)/C=C(\C)C/C(C=N)=C/N. The summed E-state index contributed by atoms with van der Waals surface area (Å²) in [6.07, 6.45) is 5.46. The van der Waals surface area contributed by atoms with Crippen molar-refractivity contribution in [3.63, 3.8) is 0 Å². The highest BCUT2D eigenvalue weighted by Gasteiger charge is 1.93. The normalized spacial score (nSPS) is 12.8. The van der Waals surface area contributed by atoms with Crippen LogP contribution in [0.4, 0.5) is 0 Å². The molecule has 0 amide bonds. The van der Waals surface area contributed by atoms with Gasteiger partial charge in [-0.25, -0.2) is 0 Å². The Kier molecular flexibility index (Phi) is 4.77. The first-order chi connectivity index (χ1) is 5.60. The molecule has 0 aliphatic heterocycles. The van der Waals surface area contributed by atoms with E-state index in [1.807, 2.05) is 19.9 Å². The van der Waals surface area contributed by atoms with Gasteiger partial charge in [0.1, 0.15) is 0 Å². The van der Waals surface area contributed by atoms with Gasteiger partial charge in [0, 0.05) is 6.21 Å². The standard InChI is InChI=1S/C10H16N2/c1-8(2)4-9(3)5-10(6-11)7-12/h4,6-7,11H,1,5,12H2,2-3H3/b9-4+,10-7-,11-6?. The van der Waals surface area contributed by atoms with Crippen LogP contribution >= 0.6 is 0 Å².